The van der Waals surface area contributed by atoms with Crippen LogP contribution >= 0.6 is 0 Å². The van der Waals surface area contributed by atoms with E-state index in [1.807, 2.05) is 13.8 Å². The second-order valence-corrected chi connectivity index (χ2v) is 5.09. The fourth-order valence-electron chi connectivity index (χ4n) is 1.45. The predicted octanol–water partition coefficient (Wildman–Crippen LogP) is 1.60. The number of unbranched alkanes of at least 4 members (excludes halogenated alkanes) is 1. The normalized spacial score (nSPS) is 12.5. The molecule has 6 nitrogen and oxygen atoms in total. The second-order valence-electron chi connectivity index (χ2n) is 5.09. The summed E-state index contributed by atoms with van der Waals surface area (Å²) >= 11 is 0. The van der Waals surface area contributed by atoms with Crippen molar-refractivity contribution in [2.24, 2.45) is 5.92 Å². The van der Waals surface area contributed by atoms with Gasteiger partial charge in [0, 0.05) is 13.2 Å². The van der Waals surface area contributed by atoms with Crippen molar-refractivity contribution in [2.45, 2.75) is 52.7 Å². The van der Waals surface area contributed by atoms with Gasteiger partial charge in [0.2, 0.25) is 0 Å². The Morgan fingerprint density at radius 2 is 1.79 bits per heavy atom. The summed E-state index contributed by atoms with van der Waals surface area (Å²) in [7, 11) is 0. The van der Waals surface area contributed by atoms with Crippen LogP contribution in [-0.2, 0) is 9.53 Å². The fourth-order valence-corrected chi connectivity index (χ4v) is 1.45. The number of hydrogen-bond donors (Lipinski definition) is 3. The van der Waals surface area contributed by atoms with Crippen molar-refractivity contribution in [1.29, 1.82) is 0 Å². The van der Waals surface area contributed by atoms with Crippen molar-refractivity contribution in [3.8, 4) is 0 Å². The van der Waals surface area contributed by atoms with E-state index in [9.17, 15) is 9.59 Å². The minimum Gasteiger partial charge on any atom is -0.480 e. The molecular weight excluding hydrogens is 248 g/mol. The fraction of sp³-hybridized carbons (Fsp3) is 0.846. The van der Waals surface area contributed by atoms with Crippen LogP contribution in [0.4, 0.5) is 4.79 Å². The maximum absolute atomic E-state index is 11.5. The Labute approximate surface area is 114 Å². The van der Waals surface area contributed by atoms with E-state index in [1.165, 1.54) is 0 Å². The Kier molecular flexibility index (Phi) is 8.95. The lowest BCUT2D eigenvalue weighted by Crippen LogP contribution is -2.48. The lowest BCUT2D eigenvalue weighted by atomic mass is 10.1. The van der Waals surface area contributed by atoms with Gasteiger partial charge in [0.05, 0.1) is 6.10 Å². The van der Waals surface area contributed by atoms with Crippen LogP contribution in [0.3, 0.4) is 0 Å². The summed E-state index contributed by atoms with van der Waals surface area (Å²) < 4.78 is 5.37. The molecule has 0 aliphatic heterocycles. The quantitative estimate of drug-likeness (QED) is 0.557. The van der Waals surface area contributed by atoms with Gasteiger partial charge in [-0.1, -0.05) is 13.8 Å². The first-order chi connectivity index (χ1) is 8.84. The minimum atomic E-state index is -1.02. The van der Waals surface area contributed by atoms with Crippen LogP contribution in [0.1, 0.15) is 40.5 Å². The first kappa shape index (κ1) is 17.7. The third-order valence-corrected chi connectivity index (χ3v) is 2.53. The molecule has 0 spiro atoms. The standard InChI is InChI=1S/C13H26N2O4/c1-9(2)11(12(16)17)15-13(18)14-7-5-6-8-19-10(3)4/h9-11H,5-8H2,1-4H3,(H,16,17)(H2,14,15,18)/t11-/m1/s1. The molecule has 0 heterocycles. The molecule has 19 heavy (non-hydrogen) atoms. The van der Waals surface area contributed by atoms with E-state index in [0.717, 1.165) is 12.8 Å². The second kappa shape index (κ2) is 9.61. The van der Waals surface area contributed by atoms with Gasteiger partial charge in [-0.2, -0.15) is 0 Å². The van der Waals surface area contributed by atoms with Gasteiger partial charge in [-0.3, -0.25) is 0 Å². The SMILES string of the molecule is CC(C)OCCCCNC(=O)N[C@@H](C(=O)O)C(C)C. The van der Waals surface area contributed by atoms with Crippen LogP contribution in [0, 0.1) is 5.92 Å². The summed E-state index contributed by atoms with van der Waals surface area (Å²) in [5.74, 6) is -1.17. The third kappa shape index (κ3) is 9.30. The van der Waals surface area contributed by atoms with Gasteiger partial charge in [-0.05, 0) is 32.6 Å². The van der Waals surface area contributed by atoms with E-state index >= 15 is 0 Å². The topological polar surface area (TPSA) is 87.7 Å². The molecule has 0 aromatic carbocycles. The highest BCUT2D eigenvalue weighted by molar-refractivity contribution is 5.82. The number of rotatable bonds is 9. The number of carbonyl (C=O) groups excluding carboxylic acids is 1. The number of carboxylic acid groups (broad SMARTS) is 1. The van der Waals surface area contributed by atoms with E-state index in [0.29, 0.717) is 13.2 Å². The monoisotopic (exact) mass is 274 g/mol. The van der Waals surface area contributed by atoms with E-state index < -0.39 is 18.0 Å². The molecule has 0 rings (SSSR count). The van der Waals surface area contributed by atoms with Gasteiger partial charge < -0.3 is 20.5 Å². The van der Waals surface area contributed by atoms with Crippen molar-refractivity contribution in [2.75, 3.05) is 13.2 Å². The molecular formula is C13H26N2O4. The lowest BCUT2D eigenvalue weighted by molar-refractivity contribution is -0.140. The number of nitrogens with one attached hydrogen (secondary N) is 2. The van der Waals surface area contributed by atoms with Crippen molar-refractivity contribution >= 4 is 12.0 Å². The first-order valence-corrected chi connectivity index (χ1v) is 6.73. The van der Waals surface area contributed by atoms with Gasteiger partial charge in [0.25, 0.3) is 0 Å². The number of ether oxygens (including phenoxy) is 1. The summed E-state index contributed by atoms with van der Waals surface area (Å²) in [6.45, 7) is 8.64. The molecule has 0 bridgehead atoms. The van der Waals surface area contributed by atoms with E-state index in [1.54, 1.807) is 13.8 Å². The Hall–Kier alpha value is -1.30. The van der Waals surface area contributed by atoms with Gasteiger partial charge >= 0.3 is 12.0 Å². The summed E-state index contributed by atoms with van der Waals surface area (Å²) in [6, 6.07) is -1.30. The molecule has 0 radical (unpaired) electrons. The molecule has 3 N–H and O–H groups in total. The van der Waals surface area contributed by atoms with Gasteiger partial charge in [0.1, 0.15) is 6.04 Å². The van der Waals surface area contributed by atoms with Crippen LogP contribution in [0.15, 0.2) is 0 Å². The maximum Gasteiger partial charge on any atom is 0.326 e. The molecule has 0 aliphatic carbocycles. The number of hydrogen-bond acceptors (Lipinski definition) is 3. The highest BCUT2D eigenvalue weighted by atomic mass is 16.5. The molecule has 0 saturated heterocycles. The van der Waals surface area contributed by atoms with Crippen molar-refractivity contribution in [3.63, 3.8) is 0 Å². The van der Waals surface area contributed by atoms with Crippen LogP contribution in [-0.4, -0.2) is 42.4 Å². The average Bonchev–Trinajstić information content (AvgIpc) is 2.29. The predicted molar refractivity (Wildman–Crippen MR) is 73.1 cm³/mol. The zero-order chi connectivity index (χ0) is 14.8. The number of carbonyl (C=O) groups is 2. The molecule has 112 valence electrons. The molecule has 0 fully saturated rings. The zero-order valence-electron chi connectivity index (χ0n) is 12.2. The van der Waals surface area contributed by atoms with E-state index in [2.05, 4.69) is 10.6 Å². The summed E-state index contributed by atoms with van der Waals surface area (Å²) in [5, 5.41) is 14.0. The summed E-state index contributed by atoms with van der Waals surface area (Å²) in [4.78, 5) is 22.4. The Morgan fingerprint density at radius 1 is 1.16 bits per heavy atom. The molecule has 0 unspecified atom stereocenters. The van der Waals surface area contributed by atoms with E-state index in [4.69, 9.17) is 9.84 Å². The summed E-state index contributed by atoms with van der Waals surface area (Å²) in [5.41, 5.74) is 0. The third-order valence-electron chi connectivity index (χ3n) is 2.53. The number of aliphatic carboxylic acids is 1. The average molecular weight is 274 g/mol. The minimum absolute atomic E-state index is 0.150. The molecule has 0 aromatic heterocycles. The van der Waals surface area contributed by atoms with Crippen LogP contribution in [0.5, 0.6) is 0 Å². The smallest absolute Gasteiger partial charge is 0.326 e. The van der Waals surface area contributed by atoms with Gasteiger partial charge in [0.15, 0.2) is 0 Å². The van der Waals surface area contributed by atoms with Gasteiger partial charge in [-0.15, -0.1) is 0 Å². The highest BCUT2D eigenvalue weighted by Crippen LogP contribution is 2.01. The van der Waals surface area contributed by atoms with Crippen molar-refractivity contribution < 1.29 is 19.4 Å². The molecule has 1 atom stereocenters. The molecule has 0 aliphatic rings. The van der Waals surface area contributed by atoms with Crippen molar-refractivity contribution in [3.05, 3.63) is 0 Å². The van der Waals surface area contributed by atoms with Crippen LogP contribution in [0.25, 0.3) is 0 Å². The lowest BCUT2D eigenvalue weighted by Gasteiger charge is -2.18. The first-order valence-electron chi connectivity index (χ1n) is 6.73. The number of urea groups is 1. The van der Waals surface area contributed by atoms with Crippen LogP contribution in [0.2, 0.25) is 0 Å². The van der Waals surface area contributed by atoms with Crippen LogP contribution < -0.4 is 10.6 Å². The Morgan fingerprint density at radius 3 is 2.26 bits per heavy atom. The number of carboxylic acids is 1. The Balaban J connectivity index is 3.72. The van der Waals surface area contributed by atoms with Crippen molar-refractivity contribution in [1.82, 2.24) is 10.6 Å². The summed E-state index contributed by atoms with van der Waals surface area (Å²) in [6.07, 6.45) is 1.89. The van der Waals surface area contributed by atoms with E-state index in [-0.39, 0.29) is 12.0 Å². The molecule has 6 heteroatoms. The zero-order valence-corrected chi connectivity index (χ0v) is 12.2. The highest BCUT2D eigenvalue weighted by Gasteiger charge is 2.22. The molecule has 0 saturated carbocycles. The maximum atomic E-state index is 11.5. The molecule has 0 aromatic rings. The number of amides is 2. The largest absolute Gasteiger partial charge is 0.480 e. The molecule has 2 amide bonds. The van der Waals surface area contributed by atoms with Gasteiger partial charge in [-0.25, -0.2) is 9.59 Å². The Bertz CT molecular complexity index is 280.